The van der Waals surface area contributed by atoms with Crippen molar-refractivity contribution in [2.45, 2.75) is 38.0 Å². The van der Waals surface area contributed by atoms with E-state index in [-0.39, 0.29) is 11.7 Å². The summed E-state index contributed by atoms with van der Waals surface area (Å²) in [5.74, 6) is -2.30. The minimum Gasteiger partial charge on any atom is -0.207 e. The summed E-state index contributed by atoms with van der Waals surface area (Å²) < 4.78 is 51.8. The summed E-state index contributed by atoms with van der Waals surface area (Å²) in [6.45, 7) is 3.61. The number of halogens is 4. The monoisotopic (exact) mass is 298 g/mol. The number of allylic oxidation sites excluding steroid dienone is 2. The Labute approximate surface area is 122 Å². The van der Waals surface area contributed by atoms with E-state index in [4.69, 9.17) is 0 Å². The van der Waals surface area contributed by atoms with Crippen LogP contribution >= 0.6 is 0 Å². The molecule has 1 fully saturated rings. The Morgan fingerprint density at radius 2 is 1.81 bits per heavy atom. The molecule has 0 radical (unpaired) electrons. The van der Waals surface area contributed by atoms with Gasteiger partial charge in [0.1, 0.15) is 5.82 Å². The highest BCUT2D eigenvalue weighted by Crippen LogP contribution is 2.40. The molecule has 21 heavy (non-hydrogen) atoms. The van der Waals surface area contributed by atoms with Gasteiger partial charge in [-0.05, 0) is 55.2 Å². The summed E-state index contributed by atoms with van der Waals surface area (Å²) in [6.07, 6.45) is 1.82. The normalized spacial score (nSPS) is 21.9. The topological polar surface area (TPSA) is 0 Å². The van der Waals surface area contributed by atoms with Crippen molar-refractivity contribution in [3.63, 3.8) is 0 Å². The smallest absolute Gasteiger partial charge is 0.207 e. The first-order chi connectivity index (χ1) is 10.0. The van der Waals surface area contributed by atoms with Crippen molar-refractivity contribution in [3.8, 4) is 0 Å². The van der Waals surface area contributed by atoms with Crippen LogP contribution in [0.4, 0.5) is 17.6 Å². The van der Waals surface area contributed by atoms with Gasteiger partial charge in [-0.25, -0.2) is 8.78 Å². The molecule has 1 aliphatic rings. The van der Waals surface area contributed by atoms with E-state index in [0.29, 0.717) is 37.7 Å². The zero-order valence-corrected chi connectivity index (χ0v) is 11.7. The quantitative estimate of drug-likeness (QED) is 0.479. The van der Waals surface area contributed by atoms with Crippen LogP contribution in [0.5, 0.6) is 0 Å². The van der Waals surface area contributed by atoms with Crippen LogP contribution in [0.1, 0.15) is 42.7 Å². The highest BCUT2D eigenvalue weighted by Gasteiger charge is 2.28. The predicted molar refractivity (Wildman–Crippen MR) is 75.4 cm³/mol. The summed E-state index contributed by atoms with van der Waals surface area (Å²) in [5, 5.41) is 0. The van der Waals surface area contributed by atoms with Gasteiger partial charge < -0.3 is 0 Å². The lowest BCUT2D eigenvalue weighted by Gasteiger charge is -2.28. The largest absolute Gasteiger partial charge is 0.301 e. The second-order valence-corrected chi connectivity index (χ2v) is 5.51. The van der Waals surface area contributed by atoms with Gasteiger partial charge in [-0.1, -0.05) is 18.2 Å². The van der Waals surface area contributed by atoms with Crippen LogP contribution in [0.2, 0.25) is 0 Å². The SMILES string of the molecule is C=CCc1ccc([C@H]2CC[C@H](C(F)=C(F)F)CC2)c(F)c1. The minimum absolute atomic E-state index is 0.0190. The highest BCUT2D eigenvalue weighted by molar-refractivity contribution is 5.29. The van der Waals surface area contributed by atoms with Crippen LogP contribution < -0.4 is 0 Å². The zero-order chi connectivity index (χ0) is 15.4. The van der Waals surface area contributed by atoms with Crippen LogP contribution in [0.3, 0.4) is 0 Å². The maximum atomic E-state index is 14.1. The first-order valence-electron chi connectivity index (χ1n) is 7.12. The molecule has 0 saturated heterocycles. The van der Waals surface area contributed by atoms with Gasteiger partial charge in [-0.3, -0.25) is 0 Å². The fourth-order valence-corrected chi connectivity index (χ4v) is 3.01. The van der Waals surface area contributed by atoms with E-state index in [1.165, 1.54) is 6.07 Å². The maximum absolute atomic E-state index is 14.1. The Morgan fingerprint density at radius 3 is 2.33 bits per heavy atom. The van der Waals surface area contributed by atoms with Gasteiger partial charge in [-0.15, -0.1) is 6.58 Å². The van der Waals surface area contributed by atoms with E-state index in [2.05, 4.69) is 6.58 Å². The average Bonchev–Trinajstić information content (AvgIpc) is 2.47. The molecule has 1 saturated carbocycles. The predicted octanol–water partition coefficient (Wildman–Crippen LogP) is 5.91. The van der Waals surface area contributed by atoms with Crippen LogP contribution in [0.15, 0.2) is 42.8 Å². The summed E-state index contributed by atoms with van der Waals surface area (Å²) in [7, 11) is 0. The van der Waals surface area contributed by atoms with E-state index in [1.54, 1.807) is 12.1 Å². The molecule has 0 spiro atoms. The number of hydrogen-bond donors (Lipinski definition) is 0. The van der Waals surface area contributed by atoms with E-state index >= 15 is 0 Å². The van der Waals surface area contributed by atoms with E-state index < -0.39 is 17.8 Å². The average molecular weight is 298 g/mol. The second-order valence-electron chi connectivity index (χ2n) is 5.51. The third-order valence-electron chi connectivity index (χ3n) is 4.15. The molecule has 0 aromatic heterocycles. The lowest BCUT2D eigenvalue weighted by molar-refractivity contribution is 0.279. The van der Waals surface area contributed by atoms with Gasteiger partial charge >= 0.3 is 6.08 Å². The molecule has 1 aromatic carbocycles. The Bertz CT molecular complexity index is 536. The molecular formula is C17H18F4. The Morgan fingerprint density at radius 1 is 1.14 bits per heavy atom. The number of rotatable bonds is 4. The van der Waals surface area contributed by atoms with Gasteiger partial charge in [-0.2, -0.15) is 8.78 Å². The summed E-state index contributed by atoms with van der Waals surface area (Å²) in [4.78, 5) is 0. The van der Waals surface area contributed by atoms with Crippen molar-refractivity contribution in [2.75, 3.05) is 0 Å². The molecule has 1 aromatic rings. The molecule has 0 aliphatic heterocycles. The molecule has 4 heteroatoms. The first kappa shape index (κ1) is 15.8. The van der Waals surface area contributed by atoms with Gasteiger partial charge in [0, 0.05) is 5.92 Å². The van der Waals surface area contributed by atoms with Crippen molar-refractivity contribution in [1.82, 2.24) is 0 Å². The molecule has 0 N–H and O–H groups in total. The second kappa shape index (κ2) is 6.92. The van der Waals surface area contributed by atoms with E-state index in [9.17, 15) is 17.6 Å². The molecule has 0 heterocycles. The highest BCUT2D eigenvalue weighted by atomic mass is 19.3. The van der Waals surface area contributed by atoms with Crippen molar-refractivity contribution in [1.29, 1.82) is 0 Å². The maximum Gasteiger partial charge on any atom is 0.301 e. The van der Waals surface area contributed by atoms with Crippen LogP contribution in [0.25, 0.3) is 0 Å². The number of hydrogen-bond acceptors (Lipinski definition) is 0. The van der Waals surface area contributed by atoms with Crippen LogP contribution in [-0.2, 0) is 6.42 Å². The fourth-order valence-electron chi connectivity index (χ4n) is 3.01. The standard InChI is InChI=1S/C17H18F4/c1-2-3-11-4-9-14(15(18)10-11)12-5-7-13(8-6-12)16(19)17(20)21/h2,4,9-10,12-13H,1,3,5-8H2/t12-,13-. The van der Waals surface area contributed by atoms with E-state index in [1.807, 2.05) is 6.07 Å². The zero-order valence-electron chi connectivity index (χ0n) is 11.7. The molecule has 2 rings (SSSR count). The third kappa shape index (κ3) is 3.74. The Hall–Kier alpha value is -1.58. The van der Waals surface area contributed by atoms with Gasteiger partial charge in [0.05, 0.1) is 0 Å². The molecule has 114 valence electrons. The molecule has 0 atom stereocenters. The Balaban J connectivity index is 2.05. The lowest BCUT2D eigenvalue weighted by Crippen LogP contribution is -2.15. The molecular weight excluding hydrogens is 280 g/mol. The van der Waals surface area contributed by atoms with E-state index in [0.717, 1.165) is 5.56 Å². The Kier molecular flexibility index (Phi) is 5.21. The first-order valence-corrected chi connectivity index (χ1v) is 7.12. The van der Waals surface area contributed by atoms with Crippen LogP contribution in [-0.4, -0.2) is 0 Å². The molecule has 0 bridgehead atoms. The molecule has 0 unspecified atom stereocenters. The fraction of sp³-hybridized carbons (Fsp3) is 0.412. The third-order valence-corrected chi connectivity index (χ3v) is 4.15. The van der Waals surface area contributed by atoms with Gasteiger partial charge in [0.25, 0.3) is 0 Å². The van der Waals surface area contributed by atoms with Crippen molar-refractivity contribution < 1.29 is 17.6 Å². The molecule has 0 amide bonds. The summed E-state index contributed by atoms with van der Waals surface area (Å²) in [6, 6.07) is 5.10. The summed E-state index contributed by atoms with van der Waals surface area (Å²) in [5.41, 5.74) is 1.46. The van der Waals surface area contributed by atoms with Crippen LogP contribution in [0, 0.1) is 11.7 Å². The molecule has 1 aliphatic carbocycles. The van der Waals surface area contributed by atoms with Crippen molar-refractivity contribution in [2.24, 2.45) is 5.92 Å². The van der Waals surface area contributed by atoms with Crippen molar-refractivity contribution in [3.05, 3.63) is 59.7 Å². The van der Waals surface area contributed by atoms with Gasteiger partial charge in [0.15, 0.2) is 5.83 Å². The van der Waals surface area contributed by atoms with Crippen molar-refractivity contribution >= 4 is 0 Å². The summed E-state index contributed by atoms with van der Waals surface area (Å²) >= 11 is 0. The minimum atomic E-state index is -2.22. The lowest BCUT2D eigenvalue weighted by atomic mass is 9.78. The number of benzene rings is 1. The molecule has 0 nitrogen and oxygen atoms in total. The van der Waals surface area contributed by atoms with Gasteiger partial charge in [0.2, 0.25) is 0 Å².